The second kappa shape index (κ2) is 2.75. The topological polar surface area (TPSA) is 57.0 Å². The summed E-state index contributed by atoms with van der Waals surface area (Å²) in [7, 11) is 0. The van der Waals surface area contributed by atoms with Crippen LogP contribution in [0.25, 0.3) is 0 Å². The van der Waals surface area contributed by atoms with Gasteiger partial charge in [-0.1, -0.05) is 0 Å². The van der Waals surface area contributed by atoms with Gasteiger partial charge in [0.2, 0.25) is 5.28 Å². The van der Waals surface area contributed by atoms with Gasteiger partial charge in [-0.2, -0.15) is 0 Å². The SMILES string of the molecule is O=C1OCC[C@@H]1n1cnc(Cl)n1. The Morgan fingerprint density at radius 2 is 2.58 bits per heavy atom. The third kappa shape index (κ3) is 1.16. The molecular formula is C6H6ClN3O2. The van der Waals surface area contributed by atoms with Crippen LogP contribution in [-0.2, 0) is 9.53 Å². The number of ether oxygens (including phenoxy) is 1. The van der Waals surface area contributed by atoms with Gasteiger partial charge in [0.25, 0.3) is 0 Å². The van der Waals surface area contributed by atoms with E-state index in [4.69, 9.17) is 16.3 Å². The molecule has 1 fully saturated rings. The molecule has 0 saturated carbocycles. The number of hydrogen-bond acceptors (Lipinski definition) is 4. The molecule has 0 radical (unpaired) electrons. The molecule has 2 heterocycles. The first-order chi connectivity index (χ1) is 5.77. The van der Waals surface area contributed by atoms with Crippen LogP contribution in [0, 0.1) is 0 Å². The number of esters is 1. The smallest absolute Gasteiger partial charge is 0.331 e. The van der Waals surface area contributed by atoms with Crippen molar-refractivity contribution in [2.45, 2.75) is 12.5 Å². The van der Waals surface area contributed by atoms with E-state index in [1.807, 2.05) is 0 Å². The Kier molecular flexibility index (Phi) is 1.73. The predicted octanol–water partition coefficient (Wildman–Crippen LogP) is 0.419. The van der Waals surface area contributed by atoms with Crippen LogP contribution < -0.4 is 0 Å². The number of carbonyl (C=O) groups excluding carboxylic acids is 1. The van der Waals surface area contributed by atoms with Crippen LogP contribution in [0.3, 0.4) is 0 Å². The van der Waals surface area contributed by atoms with Crippen molar-refractivity contribution in [2.24, 2.45) is 0 Å². The molecule has 1 saturated heterocycles. The highest BCUT2D eigenvalue weighted by atomic mass is 35.5. The van der Waals surface area contributed by atoms with Gasteiger partial charge in [-0.25, -0.2) is 14.5 Å². The largest absolute Gasteiger partial charge is 0.464 e. The van der Waals surface area contributed by atoms with Crippen molar-refractivity contribution in [1.82, 2.24) is 14.8 Å². The minimum absolute atomic E-state index is 0.148. The molecule has 0 spiro atoms. The molecule has 1 aliphatic rings. The first-order valence-corrected chi connectivity index (χ1v) is 3.88. The number of hydrogen-bond donors (Lipinski definition) is 0. The average molecular weight is 188 g/mol. The molecule has 12 heavy (non-hydrogen) atoms. The Bertz CT molecular complexity index is 311. The molecule has 0 bridgehead atoms. The Morgan fingerprint density at radius 3 is 3.08 bits per heavy atom. The molecule has 0 unspecified atom stereocenters. The summed E-state index contributed by atoms with van der Waals surface area (Å²) in [5, 5.41) is 3.96. The fourth-order valence-corrected chi connectivity index (χ4v) is 1.26. The fraction of sp³-hybridized carbons (Fsp3) is 0.500. The quantitative estimate of drug-likeness (QED) is 0.598. The molecule has 2 rings (SSSR count). The molecular weight excluding hydrogens is 182 g/mol. The summed E-state index contributed by atoms with van der Waals surface area (Å²) in [5.41, 5.74) is 0. The van der Waals surface area contributed by atoms with Crippen LogP contribution in [0.15, 0.2) is 6.33 Å². The Labute approximate surface area is 73.3 Å². The Morgan fingerprint density at radius 1 is 1.75 bits per heavy atom. The van der Waals surface area contributed by atoms with E-state index in [1.54, 1.807) is 0 Å². The maximum atomic E-state index is 11.0. The number of aromatic nitrogens is 3. The van der Waals surface area contributed by atoms with Crippen molar-refractivity contribution >= 4 is 17.6 Å². The molecule has 1 atom stereocenters. The molecule has 0 amide bonds. The lowest BCUT2D eigenvalue weighted by Crippen LogP contribution is -2.14. The lowest BCUT2D eigenvalue weighted by molar-refractivity contribution is -0.140. The van der Waals surface area contributed by atoms with E-state index in [9.17, 15) is 4.79 Å². The van der Waals surface area contributed by atoms with Crippen LogP contribution >= 0.6 is 11.6 Å². The van der Waals surface area contributed by atoms with Gasteiger partial charge in [0.15, 0.2) is 6.04 Å². The molecule has 0 aliphatic carbocycles. The predicted molar refractivity (Wildman–Crippen MR) is 39.6 cm³/mol. The van der Waals surface area contributed by atoms with Crippen molar-refractivity contribution in [3.63, 3.8) is 0 Å². The third-order valence-electron chi connectivity index (χ3n) is 1.71. The van der Waals surface area contributed by atoms with E-state index in [1.165, 1.54) is 11.0 Å². The number of nitrogens with zero attached hydrogens (tertiary/aromatic N) is 3. The van der Waals surface area contributed by atoms with Gasteiger partial charge in [-0.3, -0.25) is 0 Å². The second-order valence-electron chi connectivity index (χ2n) is 2.47. The third-order valence-corrected chi connectivity index (χ3v) is 1.88. The monoisotopic (exact) mass is 187 g/mol. The van der Waals surface area contributed by atoms with Crippen molar-refractivity contribution in [2.75, 3.05) is 6.61 Å². The van der Waals surface area contributed by atoms with Gasteiger partial charge in [0.05, 0.1) is 6.61 Å². The van der Waals surface area contributed by atoms with E-state index in [-0.39, 0.29) is 17.3 Å². The highest BCUT2D eigenvalue weighted by Crippen LogP contribution is 2.19. The molecule has 6 heteroatoms. The summed E-state index contributed by atoms with van der Waals surface area (Å²) in [4.78, 5) is 14.7. The van der Waals surface area contributed by atoms with Gasteiger partial charge in [-0.15, -0.1) is 5.10 Å². The van der Waals surface area contributed by atoms with Crippen LogP contribution in [0.2, 0.25) is 5.28 Å². The first kappa shape index (κ1) is 7.54. The van der Waals surface area contributed by atoms with E-state index in [0.717, 1.165) is 0 Å². The van der Waals surface area contributed by atoms with Crippen LogP contribution in [0.4, 0.5) is 0 Å². The maximum Gasteiger partial charge on any atom is 0.331 e. The van der Waals surface area contributed by atoms with Gasteiger partial charge in [0, 0.05) is 6.42 Å². The van der Waals surface area contributed by atoms with Crippen LogP contribution in [0.5, 0.6) is 0 Å². The summed E-state index contributed by atoms with van der Waals surface area (Å²) in [6.45, 7) is 0.445. The van der Waals surface area contributed by atoms with Gasteiger partial charge in [0.1, 0.15) is 6.33 Å². The lowest BCUT2D eigenvalue weighted by atomic mass is 10.3. The number of halogens is 1. The minimum Gasteiger partial charge on any atom is -0.464 e. The molecule has 1 aromatic rings. The zero-order valence-electron chi connectivity index (χ0n) is 6.11. The van der Waals surface area contributed by atoms with Crippen molar-refractivity contribution in [3.8, 4) is 0 Å². The van der Waals surface area contributed by atoms with Gasteiger partial charge < -0.3 is 4.74 Å². The fourth-order valence-electron chi connectivity index (χ4n) is 1.13. The normalized spacial score (nSPS) is 22.8. The van der Waals surface area contributed by atoms with E-state index in [0.29, 0.717) is 13.0 Å². The number of cyclic esters (lactones) is 1. The highest BCUT2D eigenvalue weighted by Gasteiger charge is 2.28. The van der Waals surface area contributed by atoms with Crippen molar-refractivity contribution in [3.05, 3.63) is 11.6 Å². The molecule has 1 aliphatic heterocycles. The average Bonchev–Trinajstić information content (AvgIpc) is 2.58. The first-order valence-electron chi connectivity index (χ1n) is 3.50. The Hall–Kier alpha value is -1.10. The summed E-state index contributed by atoms with van der Waals surface area (Å²) in [6.07, 6.45) is 2.07. The minimum atomic E-state index is -0.343. The van der Waals surface area contributed by atoms with Crippen molar-refractivity contribution in [1.29, 1.82) is 0 Å². The molecule has 5 nitrogen and oxygen atoms in total. The summed E-state index contributed by atoms with van der Waals surface area (Å²) >= 11 is 5.49. The molecule has 64 valence electrons. The van der Waals surface area contributed by atoms with Crippen molar-refractivity contribution < 1.29 is 9.53 Å². The van der Waals surface area contributed by atoms with Crippen LogP contribution in [-0.4, -0.2) is 27.3 Å². The maximum absolute atomic E-state index is 11.0. The molecule has 0 N–H and O–H groups in total. The highest BCUT2D eigenvalue weighted by molar-refractivity contribution is 6.28. The van der Waals surface area contributed by atoms with E-state index in [2.05, 4.69) is 10.1 Å². The Balaban J connectivity index is 2.24. The van der Waals surface area contributed by atoms with E-state index < -0.39 is 0 Å². The summed E-state index contributed by atoms with van der Waals surface area (Å²) in [6, 6.07) is -0.343. The lowest BCUT2D eigenvalue weighted by Gasteiger charge is -2.02. The number of rotatable bonds is 1. The summed E-state index contributed by atoms with van der Waals surface area (Å²) in [5.74, 6) is -0.267. The summed E-state index contributed by atoms with van der Waals surface area (Å²) < 4.78 is 6.19. The van der Waals surface area contributed by atoms with E-state index >= 15 is 0 Å². The standard InChI is InChI=1S/C6H6ClN3O2/c7-6-8-3-10(9-6)4-1-2-12-5(4)11/h3-4H,1-2H2/t4-/m0/s1. The van der Waals surface area contributed by atoms with Crippen LogP contribution in [0.1, 0.15) is 12.5 Å². The van der Waals surface area contributed by atoms with Gasteiger partial charge >= 0.3 is 5.97 Å². The zero-order valence-corrected chi connectivity index (χ0v) is 6.86. The molecule has 1 aromatic heterocycles. The zero-order chi connectivity index (χ0) is 8.55. The second-order valence-corrected chi connectivity index (χ2v) is 2.80. The van der Waals surface area contributed by atoms with Gasteiger partial charge in [-0.05, 0) is 11.6 Å². The molecule has 0 aromatic carbocycles. The number of carbonyl (C=O) groups is 1.